The number of aliphatic hydroxyl groups is 1. The molecular weight excluding hydrogens is 335 g/mol. The molecule has 20 heavy (non-hydrogen) atoms. The van der Waals surface area contributed by atoms with Crippen LogP contribution in [0.2, 0.25) is 5.02 Å². The van der Waals surface area contributed by atoms with Gasteiger partial charge in [0, 0.05) is 5.02 Å². The number of hydrogen-bond acceptors (Lipinski definition) is 2. The molecule has 1 aromatic carbocycles. The van der Waals surface area contributed by atoms with Gasteiger partial charge < -0.3 is 10.8 Å². The van der Waals surface area contributed by atoms with E-state index in [2.05, 4.69) is 0 Å². The Bertz CT molecular complexity index is 462. The molecule has 0 fully saturated rings. The third-order valence-corrected chi connectivity index (χ3v) is 2.53. The molecule has 3 N–H and O–H groups in total. The molecule has 0 aliphatic rings. The first-order chi connectivity index (χ1) is 8.43. The number of nitrogens with two attached hydrogens (primary N) is 1. The number of alkyl halides is 6. The summed E-state index contributed by atoms with van der Waals surface area (Å²) >= 11 is 5.40. The molecule has 0 radical (unpaired) electrons. The van der Waals surface area contributed by atoms with Gasteiger partial charge in [0.05, 0.1) is 11.6 Å². The van der Waals surface area contributed by atoms with E-state index >= 15 is 0 Å². The monoisotopic (exact) mass is 343 g/mol. The van der Waals surface area contributed by atoms with Gasteiger partial charge in [0.1, 0.15) is 0 Å². The van der Waals surface area contributed by atoms with Gasteiger partial charge in [0.2, 0.25) is 0 Å². The zero-order valence-electron chi connectivity index (χ0n) is 9.47. The molecule has 116 valence electrons. The minimum absolute atomic E-state index is 0. The third kappa shape index (κ3) is 4.69. The summed E-state index contributed by atoms with van der Waals surface area (Å²) in [6, 6.07) is -0.237. The molecule has 0 spiro atoms. The van der Waals surface area contributed by atoms with Crippen molar-refractivity contribution >= 4 is 24.0 Å². The highest BCUT2D eigenvalue weighted by Crippen LogP contribution is 2.35. The van der Waals surface area contributed by atoms with E-state index in [-0.39, 0.29) is 12.4 Å². The Morgan fingerprint density at radius 1 is 1.05 bits per heavy atom. The maximum absolute atomic E-state index is 12.5. The molecule has 2 nitrogen and oxygen atoms in total. The van der Waals surface area contributed by atoms with Gasteiger partial charge in [0.25, 0.3) is 0 Å². The maximum Gasteiger partial charge on any atom is 0.416 e. The van der Waals surface area contributed by atoms with Crippen molar-refractivity contribution in [3.8, 4) is 0 Å². The molecule has 2 atom stereocenters. The normalized spacial score (nSPS) is 15.4. The molecule has 0 unspecified atom stereocenters. The van der Waals surface area contributed by atoms with Crippen LogP contribution in [0.5, 0.6) is 0 Å². The first-order valence-electron chi connectivity index (χ1n) is 4.81. The van der Waals surface area contributed by atoms with Gasteiger partial charge in [-0.3, -0.25) is 0 Å². The molecule has 0 saturated carbocycles. The number of halogens is 8. The molecule has 10 heteroatoms. The van der Waals surface area contributed by atoms with Gasteiger partial charge in [-0.05, 0) is 23.8 Å². The van der Waals surface area contributed by atoms with E-state index in [4.69, 9.17) is 22.4 Å². The maximum atomic E-state index is 12.5. The average Bonchev–Trinajstić information content (AvgIpc) is 2.23. The molecule has 0 amide bonds. The zero-order chi connectivity index (χ0) is 15.0. The van der Waals surface area contributed by atoms with Gasteiger partial charge >= 0.3 is 12.4 Å². The van der Waals surface area contributed by atoms with Crippen LogP contribution in [0, 0.1) is 0 Å². The molecule has 0 aliphatic carbocycles. The first-order valence-corrected chi connectivity index (χ1v) is 5.19. The molecule has 1 rings (SSSR count). The fourth-order valence-corrected chi connectivity index (χ4v) is 1.60. The van der Waals surface area contributed by atoms with Gasteiger partial charge in [-0.15, -0.1) is 12.4 Å². The SMILES string of the molecule is Cl.N[C@H](c1cc(Cl)cc(C(F)(F)F)c1)[C@@H](O)C(F)(F)F. The van der Waals surface area contributed by atoms with Gasteiger partial charge in [-0.25, -0.2) is 0 Å². The highest BCUT2D eigenvalue weighted by atomic mass is 35.5. The smallest absolute Gasteiger partial charge is 0.382 e. The molecule has 1 aromatic rings. The fourth-order valence-electron chi connectivity index (χ4n) is 1.35. The molecule has 0 bridgehead atoms. The number of benzene rings is 1. The lowest BCUT2D eigenvalue weighted by atomic mass is 9.99. The Balaban J connectivity index is 0.00000361. The summed E-state index contributed by atoms with van der Waals surface area (Å²) < 4.78 is 74.1. The summed E-state index contributed by atoms with van der Waals surface area (Å²) in [5, 5.41) is 8.50. The van der Waals surface area contributed by atoms with E-state index in [0.29, 0.717) is 12.1 Å². The third-order valence-electron chi connectivity index (χ3n) is 2.31. The van der Waals surface area contributed by atoms with Gasteiger partial charge in [0.15, 0.2) is 6.10 Å². The predicted octanol–water partition coefficient (Wildman–Crippen LogP) is 3.70. The van der Waals surface area contributed by atoms with E-state index in [0.717, 1.165) is 6.07 Å². The van der Waals surface area contributed by atoms with Crippen LogP contribution in [0.15, 0.2) is 18.2 Å². The second-order valence-corrected chi connectivity index (χ2v) is 4.22. The van der Waals surface area contributed by atoms with Crippen LogP contribution in [-0.4, -0.2) is 17.4 Å². The van der Waals surface area contributed by atoms with E-state index in [1.807, 2.05) is 0 Å². The van der Waals surface area contributed by atoms with Crippen molar-refractivity contribution in [1.82, 2.24) is 0 Å². The minimum Gasteiger partial charge on any atom is -0.382 e. The van der Waals surface area contributed by atoms with Crippen LogP contribution in [0.4, 0.5) is 26.3 Å². The Kier molecular flexibility index (Phi) is 6.16. The molecule has 0 aliphatic heterocycles. The largest absolute Gasteiger partial charge is 0.416 e. The number of hydrogen-bond donors (Lipinski definition) is 2. The second-order valence-electron chi connectivity index (χ2n) is 3.78. The van der Waals surface area contributed by atoms with Crippen molar-refractivity contribution in [2.45, 2.75) is 24.5 Å². The summed E-state index contributed by atoms with van der Waals surface area (Å²) in [6.07, 6.45) is -12.8. The van der Waals surface area contributed by atoms with Crippen LogP contribution >= 0.6 is 24.0 Å². The summed E-state index contributed by atoms with van der Waals surface area (Å²) in [6.45, 7) is 0. The van der Waals surface area contributed by atoms with Gasteiger partial charge in [-0.1, -0.05) is 11.6 Å². The van der Waals surface area contributed by atoms with Crippen molar-refractivity contribution in [2.24, 2.45) is 5.73 Å². The zero-order valence-corrected chi connectivity index (χ0v) is 11.0. The summed E-state index contributed by atoms with van der Waals surface area (Å²) in [7, 11) is 0. The Hall–Kier alpha value is -0.700. The topological polar surface area (TPSA) is 46.2 Å². The quantitative estimate of drug-likeness (QED) is 0.804. The lowest BCUT2D eigenvalue weighted by Crippen LogP contribution is -2.38. The van der Waals surface area contributed by atoms with Crippen LogP contribution in [0.1, 0.15) is 17.2 Å². The van der Waals surface area contributed by atoms with E-state index in [1.165, 1.54) is 0 Å². The van der Waals surface area contributed by atoms with Crippen LogP contribution in [0.3, 0.4) is 0 Å². The lowest BCUT2D eigenvalue weighted by molar-refractivity contribution is -0.210. The van der Waals surface area contributed by atoms with Crippen molar-refractivity contribution in [1.29, 1.82) is 0 Å². The molecular formula is C10H9Cl2F6NO. The Morgan fingerprint density at radius 3 is 1.95 bits per heavy atom. The number of rotatable bonds is 2. The standard InChI is InChI=1S/C10H8ClF6NO.ClH/c11-6-2-4(1-5(3-6)9(12,13)14)7(18)8(19)10(15,16)17;/h1-3,7-8,19H,18H2;1H/t7-,8-;/m1./s1. The minimum atomic E-state index is -5.04. The Morgan fingerprint density at radius 2 is 1.55 bits per heavy atom. The fraction of sp³-hybridized carbons (Fsp3) is 0.400. The lowest BCUT2D eigenvalue weighted by Gasteiger charge is -2.22. The first kappa shape index (κ1) is 19.3. The van der Waals surface area contributed by atoms with Crippen LogP contribution < -0.4 is 5.73 Å². The van der Waals surface area contributed by atoms with Crippen LogP contribution in [-0.2, 0) is 6.18 Å². The molecule has 0 saturated heterocycles. The molecule has 0 aromatic heterocycles. The second kappa shape index (κ2) is 6.38. The molecule has 0 heterocycles. The summed E-state index contributed by atoms with van der Waals surface area (Å²) in [5.41, 5.74) is 3.32. The van der Waals surface area contributed by atoms with E-state index in [9.17, 15) is 26.3 Å². The van der Waals surface area contributed by atoms with Crippen molar-refractivity contribution in [3.05, 3.63) is 34.3 Å². The van der Waals surface area contributed by atoms with E-state index in [1.54, 1.807) is 0 Å². The van der Waals surface area contributed by atoms with Crippen molar-refractivity contribution in [3.63, 3.8) is 0 Å². The number of aliphatic hydroxyl groups excluding tert-OH is 1. The highest BCUT2D eigenvalue weighted by molar-refractivity contribution is 6.30. The van der Waals surface area contributed by atoms with Crippen molar-refractivity contribution in [2.75, 3.05) is 0 Å². The predicted molar refractivity (Wildman–Crippen MR) is 62.7 cm³/mol. The highest BCUT2D eigenvalue weighted by Gasteiger charge is 2.43. The average molecular weight is 344 g/mol. The van der Waals surface area contributed by atoms with E-state index < -0.39 is 40.6 Å². The summed E-state index contributed by atoms with van der Waals surface area (Å²) in [5.74, 6) is 0. The summed E-state index contributed by atoms with van der Waals surface area (Å²) in [4.78, 5) is 0. The van der Waals surface area contributed by atoms with Crippen LogP contribution in [0.25, 0.3) is 0 Å². The van der Waals surface area contributed by atoms with Gasteiger partial charge in [-0.2, -0.15) is 26.3 Å². The van der Waals surface area contributed by atoms with Crippen molar-refractivity contribution < 1.29 is 31.4 Å². The Labute approximate surface area is 120 Å².